The molecular weight excluding hydrogens is 427 g/mol. The average Bonchev–Trinajstić information content (AvgIpc) is 2.39. The smallest absolute Gasteiger partial charge is 0.211 e. The summed E-state index contributed by atoms with van der Waals surface area (Å²) in [7, 11) is 0.854. The van der Waals surface area contributed by atoms with Gasteiger partial charge < -0.3 is 10.2 Å². The maximum Gasteiger partial charge on any atom is 0.211 e. The van der Waals surface area contributed by atoms with Gasteiger partial charge in [0.05, 0.1) is 12.8 Å². The van der Waals surface area contributed by atoms with Gasteiger partial charge in [-0.3, -0.25) is 0 Å². The zero-order valence-electron chi connectivity index (χ0n) is 13.8. The Balaban J connectivity index is 0.00000264. The molecule has 1 aromatic rings. The number of rotatable bonds is 5. The minimum Gasteiger partial charge on any atom is -0.356 e. The standard InChI is InChI=1S/C15H24N4O2S.HI/c1-18(2)15(16-9-13-7-5-4-6-8-13)17-10-14-11-19(12-14)22(3,20)21;/h4-8,14H,9-12H2,1-3H3,(H,16,17);1H. The summed E-state index contributed by atoms with van der Waals surface area (Å²) in [5, 5.41) is 3.32. The largest absolute Gasteiger partial charge is 0.356 e. The SMILES string of the molecule is CN(C)C(=NCc1ccccc1)NCC1CN(S(C)(=O)=O)C1.I. The highest BCUT2D eigenvalue weighted by molar-refractivity contribution is 14.0. The first-order valence-corrected chi connectivity index (χ1v) is 9.16. The molecule has 0 spiro atoms. The van der Waals surface area contributed by atoms with Crippen molar-refractivity contribution >= 4 is 40.0 Å². The third-order valence-electron chi connectivity index (χ3n) is 3.62. The summed E-state index contributed by atoms with van der Waals surface area (Å²) in [5.74, 6) is 1.17. The lowest BCUT2D eigenvalue weighted by molar-refractivity contribution is 0.202. The fourth-order valence-corrected chi connectivity index (χ4v) is 3.23. The summed E-state index contributed by atoms with van der Waals surface area (Å²) in [6.45, 7) is 2.54. The Kier molecular flexibility index (Phi) is 7.75. The van der Waals surface area contributed by atoms with Crippen molar-refractivity contribution in [1.29, 1.82) is 0 Å². The lowest BCUT2D eigenvalue weighted by atomic mass is 10.0. The molecule has 6 nitrogen and oxygen atoms in total. The first-order valence-electron chi connectivity index (χ1n) is 7.31. The molecule has 0 aliphatic carbocycles. The number of benzene rings is 1. The number of aliphatic imine (C=N–C) groups is 1. The fraction of sp³-hybridized carbons (Fsp3) is 0.533. The molecule has 0 unspecified atom stereocenters. The summed E-state index contributed by atoms with van der Waals surface area (Å²) < 4.78 is 24.2. The molecule has 0 aromatic heterocycles. The lowest BCUT2D eigenvalue weighted by Gasteiger charge is -2.37. The second-order valence-electron chi connectivity index (χ2n) is 5.85. The van der Waals surface area contributed by atoms with Gasteiger partial charge in [0.25, 0.3) is 0 Å². The number of nitrogens with one attached hydrogen (secondary N) is 1. The molecule has 0 atom stereocenters. The molecule has 1 aliphatic heterocycles. The van der Waals surface area contributed by atoms with E-state index in [0.29, 0.717) is 25.6 Å². The molecule has 1 aromatic carbocycles. The average molecular weight is 452 g/mol. The summed E-state index contributed by atoms with van der Waals surface area (Å²) in [4.78, 5) is 6.53. The highest BCUT2D eigenvalue weighted by atomic mass is 127. The number of hydrogen-bond donors (Lipinski definition) is 1. The number of nitrogens with zero attached hydrogens (tertiary/aromatic N) is 3. The van der Waals surface area contributed by atoms with Gasteiger partial charge in [-0.15, -0.1) is 24.0 Å². The Morgan fingerprint density at radius 2 is 1.91 bits per heavy atom. The molecule has 1 N–H and O–H groups in total. The second-order valence-corrected chi connectivity index (χ2v) is 7.83. The van der Waals surface area contributed by atoms with Crippen LogP contribution in [0.1, 0.15) is 5.56 Å². The Bertz CT molecular complexity index is 614. The van der Waals surface area contributed by atoms with E-state index in [9.17, 15) is 8.42 Å². The summed E-state index contributed by atoms with van der Waals surface area (Å²) in [5.41, 5.74) is 1.16. The van der Waals surface area contributed by atoms with Crippen molar-refractivity contribution in [3.05, 3.63) is 35.9 Å². The fourth-order valence-electron chi connectivity index (χ4n) is 2.26. The van der Waals surface area contributed by atoms with Gasteiger partial charge >= 0.3 is 0 Å². The maximum atomic E-state index is 11.3. The molecule has 23 heavy (non-hydrogen) atoms. The Morgan fingerprint density at radius 3 is 2.43 bits per heavy atom. The van der Waals surface area contributed by atoms with Crippen molar-refractivity contribution in [3.63, 3.8) is 0 Å². The molecule has 1 heterocycles. The molecule has 0 amide bonds. The van der Waals surface area contributed by atoms with E-state index in [-0.39, 0.29) is 24.0 Å². The third-order valence-corrected chi connectivity index (χ3v) is 4.86. The molecule has 0 bridgehead atoms. The van der Waals surface area contributed by atoms with E-state index in [0.717, 1.165) is 18.1 Å². The van der Waals surface area contributed by atoms with Gasteiger partial charge in [0.2, 0.25) is 10.0 Å². The molecule has 2 rings (SSSR count). The van der Waals surface area contributed by atoms with E-state index in [1.165, 1.54) is 10.6 Å². The van der Waals surface area contributed by atoms with Crippen molar-refractivity contribution in [2.45, 2.75) is 6.54 Å². The van der Waals surface area contributed by atoms with Crippen molar-refractivity contribution in [2.75, 3.05) is 40.0 Å². The molecule has 0 radical (unpaired) electrons. The van der Waals surface area contributed by atoms with Crippen molar-refractivity contribution in [3.8, 4) is 0 Å². The normalized spacial score (nSPS) is 16.4. The lowest BCUT2D eigenvalue weighted by Crippen LogP contribution is -2.54. The zero-order chi connectivity index (χ0) is 16.2. The van der Waals surface area contributed by atoms with Gasteiger partial charge in [-0.05, 0) is 5.56 Å². The van der Waals surface area contributed by atoms with E-state index in [1.807, 2.05) is 49.3 Å². The monoisotopic (exact) mass is 452 g/mol. The predicted octanol–water partition coefficient (Wildman–Crippen LogP) is 1.20. The van der Waals surface area contributed by atoms with Crippen LogP contribution in [0.25, 0.3) is 0 Å². The zero-order valence-corrected chi connectivity index (χ0v) is 16.9. The van der Waals surface area contributed by atoms with E-state index >= 15 is 0 Å². The van der Waals surface area contributed by atoms with E-state index in [4.69, 9.17) is 0 Å². The molecule has 1 aliphatic rings. The third kappa shape index (κ3) is 6.27. The summed E-state index contributed by atoms with van der Waals surface area (Å²) in [6, 6.07) is 10.1. The van der Waals surface area contributed by atoms with Crippen molar-refractivity contribution in [2.24, 2.45) is 10.9 Å². The summed E-state index contributed by atoms with van der Waals surface area (Å²) in [6.07, 6.45) is 1.25. The number of hydrogen-bond acceptors (Lipinski definition) is 3. The van der Waals surface area contributed by atoms with Gasteiger partial charge in [-0.1, -0.05) is 30.3 Å². The van der Waals surface area contributed by atoms with E-state index in [2.05, 4.69) is 10.3 Å². The van der Waals surface area contributed by atoms with Crippen LogP contribution >= 0.6 is 24.0 Å². The van der Waals surface area contributed by atoms with Crippen LogP contribution in [0.3, 0.4) is 0 Å². The van der Waals surface area contributed by atoms with Crippen molar-refractivity contribution < 1.29 is 8.42 Å². The van der Waals surface area contributed by atoms with E-state index < -0.39 is 10.0 Å². The molecule has 0 saturated carbocycles. The van der Waals surface area contributed by atoms with Crippen LogP contribution in [-0.4, -0.2) is 63.6 Å². The van der Waals surface area contributed by atoms with Crippen LogP contribution in [0.5, 0.6) is 0 Å². The Labute approximate surface area is 156 Å². The first kappa shape index (κ1) is 20.2. The van der Waals surface area contributed by atoms with Gasteiger partial charge in [0.15, 0.2) is 5.96 Å². The molecule has 1 saturated heterocycles. The molecule has 130 valence electrons. The van der Waals surface area contributed by atoms with Crippen LogP contribution in [0, 0.1) is 5.92 Å². The van der Waals surface area contributed by atoms with Crippen LogP contribution in [0.4, 0.5) is 0 Å². The highest BCUT2D eigenvalue weighted by Crippen LogP contribution is 2.17. The second kappa shape index (κ2) is 8.84. The quantitative estimate of drug-likeness (QED) is 0.415. The number of sulfonamides is 1. The van der Waals surface area contributed by atoms with Crippen LogP contribution in [0.15, 0.2) is 35.3 Å². The minimum absolute atomic E-state index is 0. The van der Waals surface area contributed by atoms with Gasteiger partial charge in [-0.25, -0.2) is 17.7 Å². The van der Waals surface area contributed by atoms with Gasteiger partial charge in [-0.2, -0.15) is 0 Å². The first-order chi connectivity index (χ1) is 10.4. The van der Waals surface area contributed by atoms with E-state index in [1.54, 1.807) is 0 Å². The highest BCUT2D eigenvalue weighted by Gasteiger charge is 2.32. The topological polar surface area (TPSA) is 65.0 Å². The van der Waals surface area contributed by atoms with Crippen LogP contribution in [-0.2, 0) is 16.6 Å². The minimum atomic E-state index is -3.04. The van der Waals surface area contributed by atoms with Crippen molar-refractivity contribution in [1.82, 2.24) is 14.5 Å². The Morgan fingerprint density at radius 1 is 1.30 bits per heavy atom. The molecular formula is C15H25IN4O2S. The molecule has 8 heteroatoms. The Hall–Kier alpha value is -0.870. The predicted molar refractivity (Wildman–Crippen MR) is 105 cm³/mol. The van der Waals surface area contributed by atoms with Crippen LogP contribution < -0.4 is 5.32 Å². The van der Waals surface area contributed by atoms with Gasteiger partial charge in [0.1, 0.15) is 0 Å². The maximum absolute atomic E-state index is 11.3. The van der Waals surface area contributed by atoms with Crippen LogP contribution in [0.2, 0.25) is 0 Å². The number of guanidine groups is 1. The summed E-state index contributed by atoms with van der Waals surface area (Å²) >= 11 is 0. The number of halogens is 1. The van der Waals surface area contributed by atoms with Gasteiger partial charge in [0, 0.05) is 39.6 Å². The molecule has 1 fully saturated rings.